The van der Waals surface area contributed by atoms with Gasteiger partial charge in [0, 0.05) is 11.1 Å². The highest BCUT2D eigenvalue weighted by Crippen LogP contribution is 2.31. The van der Waals surface area contributed by atoms with Gasteiger partial charge in [0.15, 0.2) is 0 Å². The van der Waals surface area contributed by atoms with Crippen LogP contribution in [-0.2, 0) is 6.73 Å². The summed E-state index contributed by atoms with van der Waals surface area (Å²) in [6.45, 7) is 1.85. The summed E-state index contributed by atoms with van der Waals surface area (Å²) in [6, 6.07) is 17.9. The van der Waals surface area contributed by atoms with Crippen molar-refractivity contribution in [1.82, 2.24) is 15.0 Å². The summed E-state index contributed by atoms with van der Waals surface area (Å²) in [5.74, 6) is 0. The van der Waals surface area contributed by atoms with Gasteiger partial charge in [0.05, 0.1) is 5.69 Å². The molecule has 0 amide bonds. The van der Waals surface area contributed by atoms with Gasteiger partial charge in [0.2, 0.25) is 0 Å². The van der Waals surface area contributed by atoms with Gasteiger partial charge >= 0.3 is 0 Å². The Hall–Kier alpha value is -2.46. The maximum Gasteiger partial charge on any atom is 0.138 e. The first-order valence-corrected chi connectivity index (χ1v) is 6.47. The second-order valence-corrected chi connectivity index (χ2v) is 4.61. The molecule has 2 aromatic carbocycles. The van der Waals surface area contributed by atoms with Crippen LogP contribution >= 0.6 is 0 Å². The number of aliphatic hydroxyl groups is 1. The second kappa shape index (κ2) is 5.27. The zero-order chi connectivity index (χ0) is 13.9. The molecular formula is C16H15N3O. The van der Waals surface area contributed by atoms with Crippen molar-refractivity contribution >= 4 is 0 Å². The fraction of sp³-hybridized carbons (Fsp3) is 0.125. The molecule has 0 saturated heterocycles. The smallest absolute Gasteiger partial charge is 0.138 e. The molecule has 0 spiro atoms. The van der Waals surface area contributed by atoms with Crippen LogP contribution in [0.4, 0.5) is 0 Å². The number of benzene rings is 2. The standard InChI is InChI=1S/C16H15N3O/c1-12-7-5-6-10-14(12)15-16(19(11-20)18-17-15)13-8-3-2-4-9-13/h2-10,20H,11H2,1H3. The lowest BCUT2D eigenvalue weighted by Gasteiger charge is -2.07. The van der Waals surface area contributed by atoms with E-state index in [4.69, 9.17) is 0 Å². The minimum Gasteiger partial charge on any atom is -0.374 e. The van der Waals surface area contributed by atoms with E-state index in [1.165, 1.54) is 4.68 Å². The molecule has 0 aliphatic carbocycles. The molecule has 3 aromatic rings. The Morgan fingerprint density at radius 3 is 2.40 bits per heavy atom. The molecular weight excluding hydrogens is 250 g/mol. The first-order valence-electron chi connectivity index (χ1n) is 6.47. The van der Waals surface area contributed by atoms with E-state index >= 15 is 0 Å². The molecule has 4 heteroatoms. The predicted octanol–water partition coefficient (Wildman–Crippen LogP) is 2.87. The molecule has 3 rings (SSSR count). The Morgan fingerprint density at radius 2 is 1.70 bits per heavy atom. The summed E-state index contributed by atoms with van der Waals surface area (Å²) in [7, 11) is 0. The van der Waals surface area contributed by atoms with E-state index in [0.29, 0.717) is 0 Å². The van der Waals surface area contributed by atoms with E-state index < -0.39 is 0 Å². The molecule has 0 atom stereocenters. The molecule has 0 fully saturated rings. The maximum atomic E-state index is 9.47. The first-order chi connectivity index (χ1) is 9.81. The monoisotopic (exact) mass is 265 g/mol. The Kier molecular flexibility index (Phi) is 3.31. The largest absolute Gasteiger partial charge is 0.374 e. The minimum absolute atomic E-state index is 0.191. The molecule has 1 heterocycles. The van der Waals surface area contributed by atoms with Crippen LogP contribution in [0, 0.1) is 6.92 Å². The molecule has 4 nitrogen and oxygen atoms in total. The topological polar surface area (TPSA) is 50.9 Å². The van der Waals surface area contributed by atoms with E-state index in [2.05, 4.69) is 10.3 Å². The van der Waals surface area contributed by atoms with E-state index in [-0.39, 0.29) is 6.73 Å². The van der Waals surface area contributed by atoms with Crippen LogP contribution in [0.25, 0.3) is 22.5 Å². The lowest BCUT2D eigenvalue weighted by atomic mass is 10.0. The number of rotatable bonds is 3. The maximum absolute atomic E-state index is 9.47. The summed E-state index contributed by atoms with van der Waals surface area (Å²) >= 11 is 0. The van der Waals surface area contributed by atoms with Gasteiger partial charge in [0.25, 0.3) is 0 Å². The first kappa shape index (κ1) is 12.6. The number of nitrogens with zero attached hydrogens (tertiary/aromatic N) is 3. The van der Waals surface area contributed by atoms with Crippen LogP contribution in [0.2, 0.25) is 0 Å². The molecule has 0 aliphatic heterocycles. The van der Waals surface area contributed by atoms with Gasteiger partial charge < -0.3 is 5.11 Å². The average molecular weight is 265 g/mol. The second-order valence-electron chi connectivity index (χ2n) is 4.61. The summed E-state index contributed by atoms with van der Waals surface area (Å²) in [5.41, 5.74) is 4.79. The molecule has 1 N–H and O–H groups in total. The van der Waals surface area contributed by atoms with Crippen molar-refractivity contribution in [3.63, 3.8) is 0 Å². The van der Waals surface area contributed by atoms with Crippen molar-refractivity contribution in [3.05, 3.63) is 60.2 Å². The van der Waals surface area contributed by atoms with Gasteiger partial charge in [-0.15, -0.1) is 5.10 Å². The zero-order valence-corrected chi connectivity index (χ0v) is 11.2. The van der Waals surface area contributed by atoms with Crippen LogP contribution in [0.5, 0.6) is 0 Å². The highest BCUT2D eigenvalue weighted by molar-refractivity contribution is 5.79. The summed E-state index contributed by atoms with van der Waals surface area (Å²) in [5, 5.41) is 17.8. The molecule has 0 radical (unpaired) electrons. The van der Waals surface area contributed by atoms with Crippen LogP contribution in [0.3, 0.4) is 0 Å². The number of aromatic nitrogens is 3. The van der Waals surface area contributed by atoms with Crippen LogP contribution in [-0.4, -0.2) is 20.1 Å². The molecule has 20 heavy (non-hydrogen) atoms. The number of aliphatic hydroxyl groups excluding tert-OH is 1. The SMILES string of the molecule is Cc1ccccc1-c1nnn(CO)c1-c1ccccc1. The van der Waals surface area contributed by atoms with Crippen molar-refractivity contribution in [2.45, 2.75) is 13.7 Å². The Bertz CT molecular complexity index is 720. The normalized spacial score (nSPS) is 10.7. The van der Waals surface area contributed by atoms with Crippen LogP contribution < -0.4 is 0 Å². The number of hydrogen-bond donors (Lipinski definition) is 1. The quantitative estimate of drug-likeness (QED) is 0.792. The Morgan fingerprint density at radius 1 is 1.00 bits per heavy atom. The van der Waals surface area contributed by atoms with E-state index in [0.717, 1.165) is 28.1 Å². The van der Waals surface area contributed by atoms with Gasteiger partial charge in [-0.2, -0.15) is 0 Å². The predicted molar refractivity (Wildman–Crippen MR) is 77.8 cm³/mol. The number of hydrogen-bond acceptors (Lipinski definition) is 3. The van der Waals surface area contributed by atoms with Crippen molar-refractivity contribution in [3.8, 4) is 22.5 Å². The van der Waals surface area contributed by atoms with Crippen LogP contribution in [0.15, 0.2) is 54.6 Å². The third-order valence-electron chi connectivity index (χ3n) is 3.32. The van der Waals surface area contributed by atoms with Crippen LogP contribution in [0.1, 0.15) is 5.56 Å². The van der Waals surface area contributed by atoms with E-state index in [1.54, 1.807) is 0 Å². The van der Waals surface area contributed by atoms with Gasteiger partial charge in [-0.25, -0.2) is 4.68 Å². The Balaban J connectivity index is 2.24. The summed E-state index contributed by atoms with van der Waals surface area (Å²) < 4.78 is 1.51. The third-order valence-corrected chi connectivity index (χ3v) is 3.32. The zero-order valence-electron chi connectivity index (χ0n) is 11.2. The molecule has 0 unspecified atom stereocenters. The van der Waals surface area contributed by atoms with Crippen molar-refractivity contribution in [2.24, 2.45) is 0 Å². The molecule has 0 bridgehead atoms. The highest BCUT2D eigenvalue weighted by atomic mass is 16.3. The van der Waals surface area contributed by atoms with E-state index in [9.17, 15) is 5.11 Å². The lowest BCUT2D eigenvalue weighted by Crippen LogP contribution is -2.01. The third kappa shape index (κ3) is 2.10. The Labute approximate surface area is 117 Å². The number of aryl methyl sites for hydroxylation is 1. The molecule has 0 saturated carbocycles. The van der Waals surface area contributed by atoms with Gasteiger partial charge in [-0.3, -0.25) is 0 Å². The molecule has 1 aromatic heterocycles. The van der Waals surface area contributed by atoms with Crippen molar-refractivity contribution < 1.29 is 5.11 Å². The highest BCUT2D eigenvalue weighted by Gasteiger charge is 2.17. The molecule has 100 valence electrons. The van der Waals surface area contributed by atoms with Crippen molar-refractivity contribution in [1.29, 1.82) is 0 Å². The molecule has 0 aliphatic rings. The fourth-order valence-electron chi connectivity index (χ4n) is 2.31. The van der Waals surface area contributed by atoms with Gasteiger partial charge in [0.1, 0.15) is 12.4 Å². The van der Waals surface area contributed by atoms with Crippen molar-refractivity contribution in [2.75, 3.05) is 0 Å². The van der Waals surface area contributed by atoms with Gasteiger partial charge in [-0.1, -0.05) is 59.8 Å². The van der Waals surface area contributed by atoms with Gasteiger partial charge in [-0.05, 0) is 12.5 Å². The lowest BCUT2D eigenvalue weighted by molar-refractivity contribution is 0.194. The van der Waals surface area contributed by atoms with E-state index in [1.807, 2.05) is 61.5 Å². The fourth-order valence-corrected chi connectivity index (χ4v) is 2.31. The average Bonchev–Trinajstić information content (AvgIpc) is 2.92. The minimum atomic E-state index is -0.191. The summed E-state index contributed by atoms with van der Waals surface area (Å²) in [4.78, 5) is 0. The summed E-state index contributed by atoms with van der Waals surface area (Å²) in [6.07, 6.45) is 0.